The molecule has 1 aliphatic heterocycles. The van der Waals surface area contributed by atoms with Crippen LogP contribution < -0.4 is 10.6 Å². The first kappa shape index (κ1) is 19.9. The lowest BCUT2D eigenvalue weighted by Crippen LogP contribution is -2.41. The van der Waals surface area contributed by atoms with E-state index in [0.29, 0.717) is 5.69 Å². The number of primary amides is 1. The van der Waals surface area contributed by atoms with Gasteiger partial charge in [-0.1, -0.05) is 12.1 Å². The lowest BCUT2D eigenvalue weighted by molar-refractivity contribution is -0.120. The molecule has 0 spiro atoms. The lowest BCUT2D eigenvalue weighted by atomic mass is 10.0. The quantitative estimate of drug-likeness (QED) is 0.794. The number of carbonyl (C=O) groups excluding carboxylic acids is 2. The van der Waals surface area contributed by atoms with Crippen molar-refractivity contribution < 1.29 is 18.4 Å². The van der Waals surface area contributed by atoms with Gasteiger partial charge in [-0.2, -0.15) is 0 Å². The summed E-state index contributed by atoms with van der Waals surface area (Å²) >= 11 is 0. The Morgan fingerprint density at radius 2 is 1.64 bits per heavy atom. The summed E-state index contributed by atoms with van der Waals surface area (Å²) in [5.74, 6) is -1.40. The van der Waals surface area contributed by atoms with Gasteiger partial charge in [0.15, 0.2) is 0 Å². The average Bonchev–Trinajstić information content (AvgIpc) is 3.12. The molecule has 0 radical (unpaired) electrons. The van der Waals surface area contributed by atoms with Crippen LogP contribution in [-0.4, -0.2) is 36.3 Å². The molecular formula is C21H23F2N3O2. The number of nitrogens with zero attached hydrogens (tertiary/aromatic N) is 2. The molecule has 1 atom stereocenters. The summed E-state index contributed by atoms with van der Waals surface area (Å²) < 4.78 is 26.5. The van der Waals surface area contributed by atoms with E-state index in [4.69, 9.17) is 5.73 Å². The largest absolute Gasteiger partial charge is 0.370 e. The number of likely N-dealkylation sites (tertiary alicyclic amines) is 1. The molecule has 2 amide bonds. The zero-order valence-corrected chi connectivity index (χ0v) is 15.5. The SMILES string of the molecule is NC(=O)CCN(C(=O)CN1CCCC1c1ccc(F)cc1)c1ccc(F)cc1. The Hall–Kier alpha value is -2.80. The Labute approximate surface area is 162 Å². The van der Waals surface area contributed by atoms with Gasteiger partial charge in [0, 0.05) is 24.7 Å². The molecule has 1 saturated heterocycles. The van der Waals surface area contributed by atoms with Crippen LogP contribution in [0.15, 0.2) is 48.5 Å². The van der Waals surface area contributed by atoms with Gasteiger partial charge >= 0.3 is 0 Å². The summed E-state index contributed by atoms with van der Waals surface area (Å²) in [6.07, 6.45) is 1.84. The molecule has 28 heavy (non-hydrogen) atoms. The summed E-state index contributed by atoms with van der Waals surface area (Å²) in [4.78, 5) is 27.7. The fraction of sp³-hybridized carbons (Fsp3) is 0.333. The third-order valence-electron chi connectivity index (χ3n) is 4.98. The van der Waals surface area contributed by atoms with Gasteiger partial charge in [-0.15, -0.1) is 0 Å². The molecule has 0 bridgehead atoms. The Morgan fingerprint density at radius 1 is 1.04 bits per heavy atom. The molecule has 2 aromatic rings. The van der Waals surface area contributed by atoms with E-state index in [9.17, 15) is 18.4 Å². The number of amides is 2. The molecule has 5 nitrogen and oxygen atoms in total. The number of nitrogens with two attached hydrogens (primary N) is 1. The minimum absolute atomic E-state index is 0.0184. The molecule has 0 aliphatic carbocycles. The molecule has 0 saturated carbocycles. The minimum Gasteiger partial charge on any atom is -0.370 e. The highest BCUT2D eigenvalue weighted by atomic mass is 19.1. The number of rotatable bonds is 7. The molecule has 2 N–H and O–H groups in total. The van der Waals surface area contributed by atoms with Gasteiger partial charge in [-0.3, -0.25) is 14.5 Å². The molecule has 2 aromatic carbocycles. The lowest BCUT2D eigenvalue weighted by Gasteiger charge is -2.28. The summed E-state index contributed by atoms with van der Waals surface area (Å²) in [5, 5.41) is 0. The number of benzene rings is 2. The number of hydrogen-bond donors (Lipinski definition) is 1. The Morgan fingerprint density at radius 3 is 2.25 bits per heavy atom. The summed E-state index contributed by atoms with van der Waals surface area (Å²) in [5.41, 5.74) is 6.73. The Bertz CT molecular complexity index is 825. The predicted octanol–water partition coefficient (Wildman–Crippen LogP) is 3.01. The van der Waals surface area contributed by atoms with Crippen LogP contribution in [0.3, 0.4) is 0 Å². The molecular weight excluding hydrogens is 364 g/mol. The highest BCUT2D eigenvalue weighted by molar-refractivity contribution is 5.95. The van der Waals surface area contributed by atoms with E-state index in [1.54, 1.807) is 12.1 Å². The average molecular weight is 387 g/mol. The molecule has 1 fully saturated rings. The summed E-state index contributed by atoms with van der Waals surface area (Å²) in [6, 6.07) is 11.9. The summed E-state index contributed by atoms with van der Waals surface area (Å²) in [6.45, 7) is 1.04. The van der Waals surface area contributed by atoms with Gasteiger partial charge in [0.2, 0.25) is 11.8 Å². The van der Waals surface area contributed by atoms with Crippen LogP contribution in [0.25, 0.3) is 0 Å². The van der Waals surface area contributed by atoms with Crippen molar-refractivity contribution in [2.75, 3.05) is 24.5 Å². The van der Waals surface area contributed by atoms with Crippen molar-refractivity contribution in [3.63, 3.8) is 0 Å². The molecule has 1 aliphatic rings. The van der Waals surface area contributed by atoms with E-state index in [2.05, 4.69) is 4.90 Å². The van der Waals surface area contributed by atoms with Gasteiger partial charge in [0.05, 0.1) is 6.54 Å². The first-order chi connectivity index (χ1) is 13.4. The molecule has 0 aromatic heterocycles. The highest BCUT2D eigenvalue weighted by Crippen LogP contribution is 2.32. The zero-order valence-electron chi connectivity index (χ0n) is 15.5. The van der Waals surface area contributed by atoms with E-state index in [0.717, 1.165) is 24.9 Å². The zero-order chi connectivity index (χ0) is 20.1. The van der Waals surface area contributed by atoms with E-state index in [1.165, 1.54) is 41.3 Å². The third kappa shape index (κ3) is 4.92. The molecule has 3 rings (SSSR count). The van der Waals surface area contributed by atoms with Gasteiger partial charge in [0.1, 0.15) is 11.6 Å². The van der Waals surface area contributed by atoms with Gasteiger partial charge in [-0.05, 0) is 61.3 Å². The van der Waals surface area contributed by atoms with Crippen LogP contribution in [0, 0.1) is 11.6 Å². The normalized spacial score (nSPS) is 16.9. The number of hydrogen-bond acceptors (Lipinski definition) is 3. The molecule has 1 unspecified atom stereocenters. The van der Waals surface area contributed by atoms with Gasteiger partial charge in [-0.25, -0.2) is 8.78 Å². The van der Waals surface area contributed by atoms with Crippen molar-refractivity contribution in [3.8, 4) is 0 Å². The van der Waals surface area contributed by atoms with Crippen LogP contribution in [0.2, 0.25) is 0 Å². The van der Waals surface area contributed by atoms with Crippen LogP contribution in [0.1, 0.15) is 30.9 Å². The standard InChI is InChI=1S/C21H23F2N3O2/c22-16-5-3-15(4-6-16)19-2-1-12-25(19)14-21(28)26(13-11-20(24)27)18-9-7-17(23)8-10-18/h3-10,19H,1-2,11-14H2,(H2,24,27). The highest BCUT2D eigenvalue weighted by Gasteiger charge is 2.29. The monoisotopic (exact) mass is 387 g/mol. The first-order valence-electron chi connectivity index (χ1n) is 9.28. The maximum atomic E-state index is 13.2. The van der Waals surface area contributed by atoms with Crippen molar-refractivity contribution in [3.05, 3.63) is 65.7 Å². The van der Waals surface area contributed by atoms with Crippen LogP contribution >= 0.6 is 0 Å². The second-order valence-corrected chi connectivity index (χ2v) is 6.92. The predicted molar refractivity (Wildman–Crippen MR) is 103 cm³/mol. The van der Waals surface area contributed by atoms with Crippen LogP contribution in [-0.2, 0) is 9.59 Å². The molecule has 7 heteroatoms. The van der Waals surface area contributed by atoms with Crippen molar-refractivity contribution in [1.82, 2.24) is 4.90 Å². The number of halogens is 2. The topological polar surface area (TPSA) is 66.6 Å². The fourth-order valence-corrected chi connectivity index (χ4v) is 3.58. The van der Waals surface area contributed by atoms with Crippen molar-refractivity contribution in [2.24, 2.45) is 5.73 Å². The second-order valence-electron chi connectivity index (χ2n) is 6.92. The van der Waals surface area contributed by atoms with Crippen molar-refractivity contribution in [1.29, 1.82) is 0 Å². The van der Waals surface area contributed by atoms with E-state index in [-0.39, 0.29) is 37.3 Å². The molecule has 148 valence electrons. The third-order valence-corrected chi connectivity index (χ3v) is 4.98. The Balaban J connectivity index is 1.75. The van der Waals surface area contributed by atoms with Crippen LogP contribution in [0.5, 0.6) is 0 Å². The molecule has 1 heterocycles. The van der Waals surface area contributed by atoms with Crippen LogP contribution in [0.4, 0.5) is 14.5 Å². The maximum absolute atomic E-state index is 13.2. The summed E-state index contributed by atoms with van der Waals surface area (Å²) in [7, 11) is 0. The maximum Gasteiger partial charge on any atom is 0.241 e. The minimum atomic E-state index is -0.509. The van der Waals surface area contributed by atoms with E-state index >= 15 is 0 Å². The first-order valence-corrected chi connectivity index (χ1v) is 9.28. The Kier molecular flexibility index (Phi) is 6.36. The number of anilines is 1. The smallest absolute Gasteiger partial charge is 0.241 e. The fourth-order valence-electron chi connectivity index (χ4n) is 3.58. The van der Waals surface area contributed by atoms with E-state index in [1.807, 2.05) is 0 Å². The van der Waals surface area contributed by atoms with Gasteiger partial charge in [0.25, 0.3) is 0 Å². The van der Waals surface area contributed by atoms with Gasteiger partial charge < -0.3 is 10.6 Å². The van der Waals surface area contributed by atoms with E-state index < -0.39 is 11.7 Å². The second kappa shape index (κ2) is 8.93. The van der Waals surface area contributed by atoms with Crippen molar-refractivity contribution in [2.45, 2.75) is 25.3 Å². The van der Waals surface area contributed by atoms with Crippen molar-refractivity contribution >= 4 is 17.5 Å². The number of carbonyl (C=O) groups is 2.